The molecule has 4 rings (SSSR count). The van der Waals surface area contributed by atoms with Crippen molar-refractivity contribution in [2.75, 3.05) is 14.2 Å². The van der Waals surface area contributed by atoms with E-state index in [0.717, 1.165) is 17.7 Å². The Hall–Kier alpha value is -5.21. The lowest BCUT2D eigenvalue weighted by Gasteiger charge is -2.34. The van der Waals surface area contributed by atoms with E-state index in [9.17, 15) is 43.0 Å². The summed E-state index contributed by atoms with van der Waals surface area (Å²) in [6.07, 6.45) is -3.73. The summed E-state index contributed by atoms with van der Waals surface area (Å²) in [7, 11) is 2.46. The summed E-state index contributed by atoms with van der Waals surface area (Å²) in [4.78, 5) is 65.1. The number of carbonyl (C=O) groups is 5. The maximum absolute atomic E-state index is 14.2. The van der Waals surface area contributed by atoms with Gasteiger partial charge in [0.25, 0.3) is 5.91 Å². The third-order valence-corrected chi connectivity index (χ3v) is 9.54. The fourth-order valence-corrected chi connectivity index (χ4v) is 6.83. The highest BCUT2D eigenvalue weighted by Crippen LogP contribution is 2.32. The Morgan fingerprint density at radius 1 is 0.778 bits per heavy atom. The first-order chi connectivity index (χ1) is 25.7. The zero-order valence-electron chi connectivity index (χ0n) is 30.6. The molecule has 1 fully saturated rings. The van der Waals surface area contributed by atoms with E-state index in [4.69, 9.17) is 9.47 Å². The summed E-state index contributed by atoms with van der Waals surface area (Å²) in [5.41, 5.74) is 1.65. The van der Waals surface area contributed by atoms with Crippen molar-refractivity contribution in [2.24, 2.45) is 17.8 Å². The number of esters is 2. The normalized spacial score (nSPS) is 19.1. The molecule has 7 atom stereocenters. The summed E-state index contributed by atoms with van der Waals surface area (Å²) >= 11 is 0. The monoisotopic (exact) mass is 751 g/mol. The van der Waals surface area contributed by atoms with Crippen LogP contribution in [0, 0.1) is 29.4 Å². The Morgan fingerprint density at radius 3 is 1.93 bits per heavy atom. The van der Waals surface area contributed by atoms with E-state index in [1.807, 2.05) is 18.2 Å². The Kier molecular flexibility index (Phi) is 14.8. The Labute approximate surface area is 312 Å². The minimum atomic E-state index is -1.72. The number of hydrogen-bond acceptors (Lipinski definition) is 9. The largest absolute Gasteiger partial charge is 0.469 e. The number of aliphatic hydroxyl groups is 2. The smallest absolute Gasteiger partial charge is 0.308 e. The predicted molar refractivity (Wildman–Crippen MR) is 193 cm³/mol. The van der Waals surface area contributed by atoms with Crippen LogP contribution in [0.3, 0.4) is 0 Å². The minimum absolute atomic E-state index is 0.0684. The molecular weight excluding hydrogens is 704 g/mol. The van der Waals surface area contributed by atoms with Crippen molar-refractivity contribution in [2.45, 2.75) is 76.3 Å². The van der Waals surface area contributed by atoms with Crippen molar-refractivity contribution in [3.8, 4) is 11.1 Å². The predicted octanol–water partition coefficient (Wildman–Crippen LogP) is 3.53. The lowest BCUT2D eigenvalue weighted by Crippen LogP contribution is -2.55. The van der Waals surface area contributed by atoms with Crippen LogP contribution in [0.4, 0.5) is 8.78 Å². The molecule has 1 aliphatic carbocycles. The first kappa shape index (κ1) is 41.5. The standard InChI is InChI=1S/C40H47F2N3O9/c1-22(2)35(37(49)43-29-18-25(39(51)53-3)17-26(19-29)40(52)54-4)45-34(47)21-33(46)32(16-23-14-27(41)20-28(42)15-23)44-38(50)36(48)31-13-9-8-12-30(31)24-10-6-5-7-11-24/h5-15,20,22,25-26,29,32-33,35-36,46,48H,16-19,21H2,1-4H3,(H,43,49)(H,44,50)(H,45,47)/t25-,26+,29?,32-,33-,35-,36+/m0/s1. The molecule has 1 aliphatic rings. The summed E-state index contributed by atoms with van der Waals surface area (Å²) in [5.74, 6) is -6.91. The van der Waals surface area contributed by atoms with Crippen LogP contribution in [-0.2, 0) is 39.9 Å². The van der Waals surface area contributed by atoms with Crippen molar-refractivity contribution in [3.05, 3.63) is 95.6 Å². The Morgan fingerprint density at radius 2 is 1.35 bits per heavy atom. The molecule has 1 saturated carbocycles. The van der Waals surface area contributed by atoms with Crippen LogP contribution in [0.2, 0.25) is 0 Å². The van der Waals surface area contributed by atoms with Crippen molar-refractivity contribution in [1.29, 1.82) is 0 Å². The number of carbonyl (C=O) groups excluding carboxylic acids is 5. The Bertz CT molecular complexity index is 1750. The van der Waals surface area contributed by atoms with Crippen molar-refractivity contribution < 1.29 is 52.4 Å². The molecule has 0 aromatic heterocycles. The highest BCUT2D eigenvalue weighted by Gasteiger charge is 2.39. The van der Waals surface area contributed by atoms with Crippen molar-refractivity contribution in [1.82, 2.24) is 16.0 Å². The first-order valence-electron chi connectivity index (χ1n) is 17.7. The molecular formula is C40H47F2N3O9. The molecule has 12 nitrogen and oxygen atoms in total. The second-order valence-electron chi connectivity index (χ2n) is 13.9. The number of nitrogens with one attached hydrogen (secondary N) is 3. The maximum atomic E-state index is 14.2. The number of amides is 3. The van der Waals surface area contributed by atoms with Gasteiger partial charge in [-0.3, -0.25) is 24.0 Å². The van der Waals surface area contributed by atoms with Gasteiger partial charge in [-0.05, 0) is 66.0 Å². The van der Waals surface area contributed by atoms with E-state index in [-0.39, 0.29) is 36.8 Å². The van der Waals surface area contributed by atoms with Crippen LogP contribution in [-0.4, -0.2) is 78.3 Å². The minimum Gasteiger partial charge on any atom is -0.469 e. The summed E-state index contributed by atoms with van der Waals surface area (Å²) in [6, 6.07) is 15.4. The van der Waals surface area contributed by atoms with Gasteiger partial charge in [0.1, 0.15) is 17.7 Å². The molecule has 0 aliphatic heterocycles. The average Bonchev–Trinajstić information content (AvgIpc) is 3.15. The number of aliphatic hydroxyl groups excluding tert-OH is 2. The van der Waals surface area contributed by atoms with E-state index >= 15 is 0 Å². The quantitative estimate of drug-likeness (QED) is 0.145. The van der Waals surface area contributed by atoms with Crippen LogP contribution >= 0.6 is 0 Å². The molecule has 3 amide bonds. The van der Waals surface area contributed by atoms with E-state index in [1.54, 1.807) is 50.2 Å². The second kappa shape index (κ2) is 19.2. The zero-order valence-corrected chi connectivity index (χ0v) is 30.6. The van der Waals surface area contributed by atoms with Crippen molar-refractivity contribution in [3.63, 3.8) is 0 Å². The fraction of sp³-hybridized carbons (Fsp3) is 0.425. The molecule has 0 radical (unpaired) electrons. The van der Waals surface area contributed by atoms with Gasteiger partial charge in [0.2, 0.25) is 11.8 Å². The molecule has 3 aromatic carbocycles. The molecule has 0 heterocycles. The molecule has 5 N–H and O–H groups in total. The van der Waals surface area contributed by atoms with Crippen LogP contribution < -0.4 is 16.0 Å². The van der Waals surface area contributed by atoms with Crippen LogP contribution in [0.15, 0.2) is 72.8 Å². The molecule has 1 unspecified atom stereocenters. The maximum Gasteiger partial charge on any atom is 0.308 e. The molecule has 0 saturated heterocycles. The van der Waals surface area contributed by atoms with Crippen molar-refractivity contribution >= 4 is 29.7 Å². The zero-order chi connectivity index (χ0) is 39.5. The van der Waals surface area contributed by atoms with E-state index < -0.39 is 95.8 Å². The number of halogens is 2. The fourth-order valence-electron chi connectivity index (χ4n) is 6.83. The molecule has 0 bridgehead atoms. The van der Waals surface area contributed by atoms with Crippen LogP contribution in [0.1, 0.15) is 56.8 Å². The molecule has 290 valence electrons. The van der Waals surface area contributed by atoms with Crippen LogP contribution in [0.25, 0.3) is 11.1 Å². The molecule has 54 heavy (non-hydrogen) atoms. The van der Waals surface area contributed by atoms with Crippen LogP contribution in [0.5, 0.6) is 0 Å². The molecule has 3 aromatic rings. The average molecular weight is 752 g/mol. The molecule has 14 heteroatoms. The number of rotatable bonds is 15. The highest BCUT2D eigenvalue weighted by atomic mass is 19.1. The highest BCUT2D eigenvalue weighted by molar-refractivity contribution is 5.89. The third kappa shape index (κ3) is 11.2. The number of ether oxygens (including phenoxy) is 2. The first-order valence-corrected chi connectivity index (χ1v) is 17.7. The van der Waals surface area contributed by atoms with Gasteiger partial charge in [0.15, 0.2) is 6.10 Å². The summed E-state index contributed by atoms with van der Waals surface area (Å²) in [6.45, 7) is 3.37. The lowest BCUT2D eigenvalue weighted by molar-refractivity contribution is -0.153. The number of benzene rings is 3. The Balaban J connectivity index is 1.49. The van der Waals surface area contributed by atoms with Gasteiger partial charge in [-0.25, -0.2) is 8.78 Å². The van der Waals surface area contributed by atoms with E-state index in [1.165, 1.54) is 14.2 Å². The summed E-state index contributed by atoms with van der Waals surface area (Å²) < 4.78 is 38.0. The van der Waals surface area contributed by atoms with Gasteiger partial charge >= 0.3 is 11.9 Å². The summed E-state index contributed by atoms with van der Waals surface area (Å²) in [5, 5.41) is 30.5. The molecule has 0 spiro atoms. The van der Waals surface area contributed by atoms with E-state index in [0.29, 0.717) is 11.6 Å². The topological polar surface area (TPSA) is 180 Å². The van der Waals surface area contributed by atoms with Gasteiger partial charge in [-0.15, -0.1) is 0 Å². The van der Waals surface area contributed by atoms with Gasteiger partial charge in [0.05, 0.1) is 44.6 Å². The van der Waals surface area contributed by atoms with Gasteiger partial charge < -0.3 is 35.6 Å². The lowest BCUT2D eigenvalue weighted by atomic mass is 9.78. The second-order valence-corrected chi connectivity index (χ2v) is 13.9. The van der Waals surface area contributed by atoms with Gasteiger partial charge in [0, 0.05) is 12.1 Å². The van der Waals surface area contributed by atoms with Gasteiger partial charge in [-0.1, -0.05) is 68.4 Å². The SMILES string of the molecule is COC(=O)[C@@H]1CC(NC(=O)[C@@H](NC(=O)C[C@H](O)[C@H](Cc2cc(F)cc(F)c2)NC(=O)[C@H](O)c2ccccc2-c2ccccc2)C(C)C)C[C@H](C(=O)OC)C1. The van der Waals surface area contributed by atoms with Gasteiger partial charge in [-0.2, -0.15) is 0 Å². The number of methoxy groups -OCH3 is 2. The van der Waals surface area contributed by atoms with E-state index in [2.05, 4.69) is 16.0 Å². The number of hydrogen-bond donors (Lipinski definition) is 5. The third-order valence-electron chi connectivity index (χ3n) is 9.54.